The summed E-state index contributed by atoms with van der Waals surface area (Å²) in [5, 5.41) is 2.48. The van der Waals surface area contributed by atoms with Gasteiger partial charge in [-0.05, 0) is 30.3 Å². The number of anilines is 2. The Bertz CT molecular complexity index is 540. The standard InChI is InChI=1S/C13H11FN2O/c14-11-8-10(15)6-7-12(11)16-13(17)9-4-2-1-3-5-9/h1-8H,15H2,(H,16,17). The molecule has 2 aromatic rings. The fourth-order valence-corrected chi connectivity index (χ4v) is 1.42. The molecule has 0 radical (unpaired) electrons. The second-order valence-electron chi connectivity index (χ2n) is 3.56. The van der Waals surface area contributed by atoms with Crippen molar-refractivity contribution in [2.45, 2.75) is 0 Å². The molecular weight excluding hydrogens is 219 g/mol. The van der Waals surface area contributed by atoms with Gasteiger partial charge in [-0.1, -0.05) is 18.2 Å². The zero-order valence-corrected chi connectivity index (χ0v) is 8.98. The Morgan fingerprint density at radius 2 is 1.82 bits per heavy atom. The molecule has 0 saturated carbocycles. The van der Waals surface area contributed by atoms with Crippen molar-refractivity contribution in [1.82, 2.24) is 0 Å². The summed E-state index contributed by atoms with van der Waals surface area (Å²) >= 11 is 0. The minimum Gasteiger partial charge on any atom is -0.399 e. The zero-order valence-electron chi connectivity index (χ0n) is 8.98. The molecule has 0 saturated heterocycles. The predicted molar refractivity (Wildman–Crippen MR) is 65.2 cm³/mol. The predicted octanol–water partition coefficient (Wildman–Crippen LogP) is 2.66. The first kappa shape index (κ1) is 11.1. The quantitative estimate of drug-likeness (QED) is 0.779. The van der Waals surface area contributed by atoms with Crippen molar-refractivity contribution in [2.24, 2.45) is 0 Å². The van der Waals surface area contributed by atoms with Crippen LogP contribution in [0.4, 0.5) is 15.8 Å². The molecule has 0 aliphatic carbocycles. The molecule has 0 unspecified atom stereocenters. The average Bonchev–Trinajstić information content (AvgIpc) is 2.34. The molecule has 2 rings (SSSR count). The van der Waals surface area contributed by atoms with Crippen molar-refractivity contribution in [2.75, 3.05) is 11.1 Å². The Morgan fingerprint density at radius 1 is 1.12 bits per heavy atom. The first-order valence-electron chi connectivity index (χ1n) is 5.08. The van der Waals surface area contributed by atoms with Crippen molar-refractivity contribution in [3.63, 3.8) is 0 Å². The van der Waals surface area contributed by atoms with Gasteiger partial charge in [-0.3, -0.25) is 4.79 Å². The van der Waals surface area contributed by atoms with E-state index in [1.54, 1.807) is 30.3 Å². The van der Waals surface area contributed by atoms with Gasteiger partial charge < -0.3 is 11.1 Å². The lowest BCUT2D eigenvalue weighted by Crippen LogP contribution is -2.12. The Balaban J connectivity index is 2.19. The maximum Gasteiger partial charge on any atom is 0.255 e. The van der Waals surface area contributed by atoms with Gasteiger partial charge in [-0.2, -0.15) is 0 Å². The van der Waals surface area contributed by atoms with Gasteiger partial charge in [0.25, 0.3) is 5.91 Å². The lowest BCUT2D eigenvalue weighted by atomic mass is 10.2. The minimum absolute atomic E-state index is 0.119. The molecule has 2 aromatic carbocycles. The van der Waals surface area contributed by atoms with Crippen molar-refractivity contribution >= 4 is 17.3 Å². The molecule has 4 heteroatoms. The van der Waals surface area contributed by atoms with Gasteiger partial charge in [-0.15, -0.1) is 0 Å². The van der Waals surface area contributed by atoms with Crippen LogP contribution < -0.4 is 11.1 Å². The second-order valence-corrected chi connectivity index (χ2v) is 3.56. The normalized spacial score (nSPS) is 9.94. The van der Waals surface area contributed by atoms with E-state index in [9.17, 15) is 9.18 Å². The Labute approximate surface area is 98.1 Å². The number of benzene rings is 2. The van der Waals surface area contributed by atoms with E-state index in [2.05, 4.69) is 5.32 Å². The monoisotopic (exact) mass is 230 g/mol. The Hall–Kier alpha value is -2.36. The van der Waals surface area contributed by atoms with Gasteiger partial charge in [0.05, 0.1) is 5.69 Å². The van der Waals surface area contributed by atoms with Crippen LogP contribution in [-0.4, -0.2) is 5.91 Å². The molecule has 0 spiro atoms. The molecule has 0 fully saturated rings. The number of carbonyl (C=O) groups is 1. The first-order chi connectivity index (χ1) is 8.16. The summed E-state index contributed by atoms with van der Waals surface area (Å²) in [7, 11) is 0. The first-order valence-corrected chi connectivity index (χ1v) is 5.08. The molecule has 3 nitrogen and oxygen atoms in total. The number of hydrogen-bond donors (Lipinski definition) is 2. The third-order valence-electron chi connectivity index (χ3n) is 2.28. The van der Waals surface area contributed by atoms with Crippen molar-refractivity contribution < 1.29 is 9.18 Å². The molecule has 0 bridgehead atoms. The summed E-state index contributed by atoms with van der Waals surface area (Å²) in [5.74, 6) is -0.899. The third-order valence-corrected chi connectivity index (χ3v) is 2.28. The molecule has 3 N–H and O–H groups in total. The van der Waals surface area contributed by atoms with Crippen LogP contribution in [0.1, 0.15) is 10.4 Å². The number of amides is 1. The van der Waals surface area contributed by atoms with Gasteiger partial charge in [0.2, 0.25) is 0 Å². The molecule has 0 atom stereocenters. The highest BCUT2D eigenvalue weighted by Crippen LogP contribution is 2.17. The third kappa shape index (κ3) is 2.60. The summed E-state index contributed by atoms with van der Waals surface area (Å²) in [6, 6.07) is 12.7. The number of halogens is 1. The maximum absolute atomic E-state index is 13.4. The minimum atomic E-state index is -0.547. The van der Waals surface area contributed by atoms with E-state index < -0.39 is 5.82 Å². The SMILES string of the molecule is Nc1ccc(NC(=O)c2ccccc2)c(F)c1. The summed E-state index contributed by atoms with van der Waals surface area (Å²) in [6.07, 6.45) is 0. The van der Waals surface area contributed by atoms with E-state index in [1.807, 2.05) is 0 Å². The number of rotatable bonds is 2. The number of carbonyl (C=O) groups excluding carboxylic acids is 1. The van der Waals surface area contributed by atoms with E-state index in [0.717, 1.165) is 0 Å². The van der Waals surface area contributed by atoms with E-state index in [0.29, 0.717) is 11.3 Å². The number of nitrogens with two attached hydrogens (primary N) is 1. The van der Waals surface area contributed by atoms with Crippen LogP contribution in [-0.2, 0) is 0 Å². The summed E-state index contributed by atoms with van der Waals surface area (Å²) in [5.41, 5.74) is 6.33. The highest BCUT2D eigenvalue weighted by Gasteiger charge is 2.08. The summed E-state index contributed by atoms with van der Waals surface area (Å²) < 4.78 is 13.4. The van der Waals surface area contributed by atoms with E-state index in [1.165, 1.54) is 18.2 Å². The van der Waals surface area contributed by atoms with Crippen LogP contribution in [0.15, 0.2) is 48.5 Å². The van der Waals surface area contributed by atoms with Crippen LogP contribution in [0.3, 0.4) is 0 Å². The van der Waals surface area contributed by atoms with Crippen LogP contribution in [0.5, 0.6) is 0 Å². The second kappa shape index (κ2) is 4.65. The average molecular weight is 230 g/mol. The zero-order chi connectivity index (χ0) is 12.3. The van der Waals surface area contributed by atoms with E-state index in [4.69, 9.17) is 5.73 Å². The number of nitrogens with one attached hydrogen (secondary N) is 1. The smallest absolute Gasteiger partial charge is 0.255 e. The van der Waals surface area contributed by atoms with E-state index in [-0.39, 0.29) is 11.6 Å². The number of hydrogen-bond acceptors (Lipinski definition) is 2. The van der Waals surface area contributed by atoms with Crippen LogP contribution >= 0.6 is 0 Å². The highest BCUT2D eigenvalue weighted by molar-refractivity contribution is 6.04. The van der Waals surface area contributed by atoms with Gasteiger partial charge >= 0.3 is 0 Å². The van der Waals surface area contributed by atoms with Gasteiger partial charge in [0.1, 0.15) is 5.82 Å². The van der Waals surface area contributed by atoms with Crippen LogP contribution in [0.25, 0.3) is 0 Å². The molecule has 0 aliphatic heterocycles. The molecule has 0 heterocycles. The van der Waals surface area contributed by atoms with Crippen molar-refractivity contribution in [1.29, 1.82) is 0 Å². The topological polar surface area (TPSA) is 55.1 Å². The molecule has 17 heavy (non-hydrogen) atoms. The molecule has 1 amide bonds. The van der Waals surface area contributed by atoms with Gasteiger partial charge in [0, 0.05) is 11.3 Å². The summed E-state index contributed by atoms with van der Waals surface area (Å²) in [6.45, 7) is 0. The largest absolute Gasteiger partial charge is 0.399 e. The fraction of sp³-hybridized carbons (Fsp3) is 0. The lowest BCUT2D eigenvalue weighted by Gasteiger charge is -2.06. The molecular formula is C13H11FN2O. The van der Waals surface area contributed by atoms with Crippen LogP contribution in [0.2, 0.25) is 0 Å². The van der Waals surface area contributed by atoms with Crippen molar-refractivity contribution in [3.8, 4) is 0 Å². The van der Waals surface area contributed by atoms with Crippen LogP contribution in [0, 0.1) is 5.82 Å². The van der Waals surface area contributed by atoms with E-state index >= 15 is 0 Å². The van der Waals surface area contributed by atoms with Gasteiger partial charge in [-0.25, -0.2) is 4.39 Å². The van der Waals surface area contributed by atoms with Gasteiger partial charge in [0.15, 0.2) is 0 Å². The maximum atomic E-state index is 13.4. The molecule has 0 aromatic heterocycles. The summed E-state index contributed by atoms with van der Waals surface area (Å²) in [4.78, 5) is 11.7. The molecule has 0 aliphatic rings. The Morgan fingerprint density at radius 3 is 2.47 bits per heavy atom. The van der Waals surface area contributed by atoms with Crippen molar-refractivity contribution in [3.05, 3.63) is 59.9 Å². The fourth-order valence-electron chi connectivity index (χ4n) is 1.42. The number of nitrogen functional groups attached to an aromatic ring is 1. The lowest BCUT2D eigenvalue weighted by molar-refractivity contribution is 0.102. The Kier molecular flexibility index (Phi) is 3.05. The highest BCUT2D eigenvalue weighted by atomic mass is 19.1. The molecule has 86 valence electrons.